The van der Waals surface area contributed by atoms with Gasteiger partial charge < -0.3 is 13.8 Å². The summed E-state index contributed by atoms with van der Waals surface area (Å²) in [6.07, 6.45) is 1.69. The molecule has 0 saturated carbocycles. The molecule has 0 saturated heterocycles. The lowest BCUT2D eigenvalue weighted by Gasteiger charge is -2.10. The van der Waals surface area contributed by atoms with Crippen LogP contribution in [0, 0.1) is 0 Å². The lowest BCUT2D eigenvalue weighted by molar-refractivity contribution is 0.662. The van der Waals surface area contributed by atoms with Gasteiger partial charge in [0, 0.05) is 54.5 Å². The van der Waals surface area contributed by atoms with Crippen molar-refractivity contribution in [1.82, 2.24) is 29.5 Å². The topological polar surface area (TPSA) is 98.6 Å². The molecule has 0 amide bonds. The molecule has 10 heteroatoms. The lowest BCUT2D eigenvalue weighted by atomic mass is 10.0. The van der Waals surface area contributed by atoms with E-state index in [1.54, 1.807) is 6.26 Å². The molecule has 0 fully saturated rings. The summed E-state index contributed by atoms with van der Waals surface area (Å²) in [4.78, 5) is 22.7. The summed E-state index contributed by atoms with van der Waals surface area (Å²) >= 11 is 9.77. The Bertz CT molecular complexity index is 5430. The van der Waals surface area contributed by atoms with Crippen molar-refractivity contribution in [1.29, 1.82) is 0 Å². The first-order valence-corrected chi connectivity index (χ1v) is 31.3. The predicted molar refractivity (Wildman–Crippen MR) is 381 cm³/mol. The van der Waals surface area contributed by atoms with Gasteiger partial charge in [-0.1, -0.05) is 242 Å². The molecule has 1 N–H and O–H groups in total. The van der Waals surface area contributed by atoms with Crippen LogP contribution in [0.5, 0.6) is 0 Å². The summed E-state index contributed by atoms with van der Waals surface area (Å²) < 4.78 is 14.5. The molecule has 0 aliphatic carbocycles. The molecular weight excluding hydrogens is 1160 g/mol. The quantitative estimate of drug-likeness (QED) is 0.122. The van der Waals surface area contributed by atoms with Gasteiger partial charge in [-0.3, -0.25) is 4.57 Å². The summed E-state index contributed by atoms with van der Waals surface area (Å²) in [7, 11) is 0. The van der Waals surface area contributed by atoms with Crippen LogP contribution in [0.4, 0.5) is 0 Å². The number of nitrogens with one attached hydrogen (secondary N) is 1. The molecule has 0 spiro atoms. The number of aromatic amines is 1. The second-order valence-electron chi connectivity index (χ2n) is 21.9. The number of thiol groups is 1. The van der Waals surface area contributed by atoms with Gasteiger partial charge in [0.15, 0.2) is 33.8 Å². The smallest absolute Gasteiger partial charge is 0.197 e. The highest BCUT2D eigenvalue weighted by molar-refractivity contribution is 7.79. The fourth-order valence-corrected chi connectivity index (χ4v) is 12.3. The van der Waals surface area contributed by atoms with E-state index in [9.17, 15) is 0 Å². The Kier molecular flexibility index (Phi) is 15.2. The van der Waals surface area contributed by atoms with Crippen LogP contribution < -0.4 is 0 Å². The predicted octanol–water partition coefficient (Wildman–Crippen LogP) is 22.4. The minimum absolute atomic E-state index is 0.338. The second-order valence-corrected chi connectivity index (χ2v) is 22.3. The van der Waals surface area contributed by atoms with Gasteiger partial charge in [0.1, 0.15) is 22.2 Å². The first-order valence-electron chi connectivity index (χ1n) is 30.0. The van der Waals surface area contributed by atoms with Crippen molar-refractivity contribution in [3.63, 3.8) is 0 Å². The van der Waals surface area contributed by atoms with Crippen LogP contribution in [0.2, 0.25) is 5.15 Å². The molecule has 0 atom stereocenters. The first-order chi connectivity index (χ1) is 45.0. The van der Waals surface area contributed by atoms with Crippen LogP contribution in [0.25, 0.3) is 161 Å². The SMILES string of the molecule is CS.Clc1nc(-c2ccccc2)nc2c1oc1ccccc12.c1ccc(-c2ccc3[nH]c4ccc(-c5ccccc5)cc4c3c2)cc1.c1ccc(-c2ccc3c(c2)c2cc(-c4ccccc4)ccc2n3-c2nc(-c3ccccc3)nc3c2oc2ccccc23)cc1. The fraction of sp³-hybridized carbons (Fsp3) is 0.0123. The van der Waals surface area contributed by atoms with Crippen molar-refractivity contribution in [2.24, 2.45) is 0 Å². The Morgan fingerprint density at radius 2 is 0.637 bits per heavy atom. The van der Waals surface area contributed by atoms with E-state index in [2.05, 4.69) is 244 Å². The maximum atomic E-state index is 6.54. The zero-order valence-electron chi connectivity index (χ0n) is 49.2. The molecule has 18 aromatic rings. The summed E-state index contributed by atoms with van der Waals surface area (Å²) in [5, 5.41) is 7.12. The van der Waals surface area contributed by atoms with Crippen LogP contribution in [-0.4, -0.2) is 35.7 Å². The van der Waals surface area contributed by atoms with E-state index in [1.165, 1.54) is 66.3 Å². The molecule has 0 unspecified atom stereocenters. The molecule has 0 radical (unpaired) electrons. The van der Waals surface area contributed by atoms with E-state index in [4.69, 9.17) is 30.4 Å². The molecule has 6 aromatic heterocycles. The van der Waals surface area contributed by atoms with Crippen molar-refractivity contribution in [3.05, 3.63) is 308 Å². The minimum Gasteiger partial charge on any atom is -0.451 e. The Labute approximate surface area is 534 Å². The molecule has 0 aliphatic heterocycles. The Hall–Kier alpha value is -11.4. The van der Waals surface area contributed by atoms with Crippen LogP contribution in [0.3, 0.4) is 0 Å². The summed E-state index contributed by atoms with van der Waals surface area (Å²) in [6.45, 7) is 0. The van der Waals surface area contributed by atoms with E-state index < -0.39 is 0 Å². The van der Waals surface area contributed by atoms with Gasteiger partial charge in [-0.2, -0.15) is 12.6 Å². The van der Waals surface area contributed by atoms with Gasteiger partial charge in [-0.15, -0.1) is 0 Å². The zero-order chi connectivity index (χ0) is 61.2. The van der Waals surface area contributed by atoms with Gasteiger partial charge in [0.25, 0.3) is 0 Å². The third-order valence-corrected chi connectivity index (χ3v) is 16.7. The Morgan fingerprint density at radius 3 is 1.05 bits per heavy atom. The van der Waals surface area contributed by atoms with Crippen LogP contribution in [0.1, 0.15) is 0 Å². The molecule has 91 heavy (non-hydrogen) atoms. The van der Waals surface area contributed by atoms with Crippen molar-refractivity contribution in [3.8, 4) is 73.1 Å². The monoisotopic (exact) mass is 1210 g/mol. The third-order valence-electron chi connectivity index (χ3n) is 16.4. The summed E-state index contributed by atoms with van der Waals surface area (Å²) in [5.41, 5.74) is 20.4. The average Bonchev–Trinajstić information content (AvgIpc) is 2.12. The molecule has 12 aromatic carbocycles. The fourth-order valence-electron chi connectivity index (χ4n) is 12.1. The highest BCUT2D eigenvalue weighted by Gasteiger charge is 2.23. The number of benzene rings is 12. The molecule has 8 nitrogen and oxygen atoms in total. The normalized spacial score (nSPS) is 11.2. The van der Waals surface area contributed by atoms with Crippen LogP contribution in [0.15, 0.2) is 312 Å². The molecule has 434 valence electrons. The van der Waals surface area contributed by atoms with Gasteiger partial charge in [0.05, 0.1) is 11.0 Å². The minimum atomic E-state index is 0.338. The molecule has 6 heterocycles. The van der Waals surface area contributed by atoms with E-state index in [0.717, 1.165) is 71.7 Å². The average molecular weight is 1210 g/mol. The number of nitrogens with zero attached hydrogens (tertiary/aromatic N) is 5. The second kappa shape index (κ2) is 24.7. The van der Waals surface area contributed by atoms with E-state index in [0.29, 0.717) is 28.0 Å². The van der Waals surface area contributed by atoms with Gasteiger partial charge in [-0.05, 0) is 124 Å². The van der Waals surface area contributed by atoms with Gasteiger partial charge >= 0.3 is 0 Å². The number of aromatic nitrogens is 6. The molecule has 18 rings (SSSR count). The summed E-state index contributed by atoms with van der Waals surface area (Å²) in [6, 6.07) is 105. The van der Waals surface area contributed by atoms with Crippen molar-refractivity contribution < 1.29 is 8.83 Å². The standard InChI is InChI=1S/C40H25N3O.C24H17N.C16H9ClN2O.CH4S/c1-4-12-26(13-5-1)29-20-22-34-32(24-29)33-25-30(27-14-6-2-7-15-27)21-23-35(33)43(34)40-38-37(31-18-10-11-19-36(31)44-38)41-39(42-40)28-16-8-3-9-17-28;1-3-7-17(8-4-1)19-11-13-23-21(15-19)22-16-20(12-14-24(22)25-23)18-9-5-2-6-10-18;17-15-14-13(11-8-4-5-9-12(11)20-14)18-16(19-15)10-6-2-1-3-7-10;1-2/h1-25H;1-16,25H;1-9H;2H,1H3. The van der Waals surface area contributed by atoms with Crippen molar-refractivity contribution in [2.45, 2.75) is 0 Å². The molecule has 0 bridgehead atoms. The van der Waals surface area contributed by atoms with Crippen molar-refractivity contribution in [2.75, 3.05) is 6.26 Å². The van der Waals surface area contributed by atoms with Gasteiger partial charge in [0.2, 0.25) is 0 Å². The first kappa shape index (κ1) is 56.2. The number of furan rings is 2. The van der Waals surface area contributed by atoms with E-state index in [1.807, 2.05) is 91.0 Å². The van der Waals surface area contributed by atoms with Gasteiger partial charge in [-0.25, -0.2) is 19.9 Å². The van der Waals surface area contributed by atoms with Crippen LogP contribution >= 0.6 is 24.2 Å². The zero-order valence-corrected chi connectivity index (χ0v) is 50.9. The molecular formula is C81H55ClN6O2S. The Balaban J connectivity index is 0.000000123. The number of fused-ring (bicyclic) bond motifs is 12. The molecule has 0 aliphatic rings. The third kappa shape index (κ3) is 10.8. The number of rotatable bonds is 7. The lowest BCUT2D eigenvalue weighted by Crippen LogP contribution is -2.01. The number of H-pyrrole nitrogens is 1. The van der Waals surface area contributed by atoms with Crippen LogP contribution in [-0.2, 0) is 0 Å². The Morgan fingerprint density at radius 1 is 0.308 bits per heavy atom. The number of hydrogen-bond acceptors (Lipinski definition) is 7. The van der Waals surface area contributed by atoms with E-state index >= 15 is 0 Å². The number of hydrogen-bond donors (Lipinski definition) is 2. The highest BCUT2D eigenvalue weighted by atomic mass is 35.5. The van der Waals surface area contributed by atoms with E-state index in [-0.39, 0.29) is 0 Å². The largest absolute Gasteiger partial charge is 0.451 e. The maximum Gasteiger partial charge on any atom is 0.197 e. The number of halogens is 1. The van der Waals surface area contributed by atoms with Crippen molar-refractivity contribution >= 4 is 112 Å². The maximum absolute atomic E-state index is 6.54. The number of para-hydroxylation sites is 2. The summed E-state index contributed by atoms with van der Waals surface area (Å²) in [5.74, 6) is 2.00. The highest BCUT2D eigenvalue weighted by Crippen LogP contribution is 2.41.